The largest absolute Gasteiger partial charge is 0.369 e. The van der Waals surface area contributed by atoms with Crippen LogP contribution in [0.4, 0.5) is 0 Å². The Kier molecular flexibility index (Phi) is 2.54. The lowest BCUT2D eigenvalue weighted by Gasteiger charge is -2.22. The highest BCUT2D eigenvalue weighted by Gasteiger charge is 2.32. The summed E-state index contributed by atoms with van der Waals surface area (Å²) in [6.45, 7) is 2.00. The van der Waals surface area contributed by atoms with E-state index in [9.17, 15) is 4.79 Å². The summed E-state index contributed by atoms with van der Waals surface area (Å²) in [6, 6.07) is 0.754. The Labute approximate surface area is 79.3 Å². The van der Waals surface area contributed by atoms with Crippen molar-refractivity contribution in [3.8, 4) is 0 Å². The summed E-state index contributed by atoms with van der Waals surface area (Å²) in [6.07, 6.45) is 6.35. The van der Waals surface area contributed by atoms with Crippen LogP contribution in [0.25, 0.3) is 0 Å². The number of nitrogens with zero attached hydrogens (tertiary/aromatic N) is 1. The van der Waals surface area contributed by atoms with E-state index in [0.717, 1.165) is 25.6 Å². The van der Waals surface area contributed by atoms with Gasteiger partial charge in [0.2, 0.25) is 5.91 Å². The quantitative estimate of drug-likeness (QED) is 0.684. The summed E-state index contributed by atoms with van der Waals surface area (Å²) in [5, 5.41) is 0. The van der Waals surface area contributed by atoms with E-state index < -0.39 is 0 Å². The van der Waals surface area contributed by atoms with Gasteiger partial charge in [-0.15, -0.1) is 0 Å². The van der Waals surface area contributed by atoms with Gasteiger partial charge in [-0.05, 0) is 25.8 Å². The third-order valence-electron chi connectivity index (χ3n) is 3.46. The van der Waals surface area contributed by atoms with E-state index in [4.69, 9.17) is 5.73 Å². The van der Waals surface area contributed by atoms with Crippen molar-refractivity contribution in [1.82, 2.24) is 4.90 Å². The standard InChI is InChI=1S/C10H18N2O/c11-10(13)8-5-6-12(7-8)9-3-1-2-4-9/h8-9H,1-7H2,(H2,11,13)/t8-/m1/s1. The lowest BCUT2D eigenvalue weighted by atomic mass is 10.1. The molecule has 3 heteroatoms. The molecule has 0 spiro atoms. The minimum absolute atomic E-state index is 0.111. The highest BCUT2D eigenvalue weighted by Crippen LogP contribution is 2.28. The number of carbonyl (C=O) groups is 1. The molecular weight excluding hydrogens is 164 g/mol. The topological polar surface area (TPSA) is 46.3 Å². The molecule has 2 aliphatic rings. The van der Waals surface area contributed by atoms with Crippen LogP contribution in [0.5, 0.6) is 0 Å². The highest BCUT2D eigenvalue weighted by atomic mass is 16.1. The molecule has 3 nitrogen and oxygen atoms in total. The fraction of sp³-hybridized carbons (Fsp3) is 0.900. The van der Waals surface area contributed by atoms with Crippen LogP contribution >= 0.6 is 0 Å². The average Bonchev–Trinajstić information content (AvgIpc) is 2.75. The second-order valence-electron chi connectivity index (χ2n) is 4.32. The molecule has 1 saturated carbocycles. The molecule has 1 aliphatic carbocycles. The minimum Gasteiger partial charge on any atom is -0.369 e. The van der Waals surface area contributed by atoms with Crippen LogP contribution in [0.1, 0.15) is 32.1 Å². The lowest BCUT2D eigenvalue weighted by Crippen LogP contribution is -2.33. The molecule has 74 valence electrons. The molecule has 2 rings (SSSR count). The van der Waals surface area contributed by atoms with Crippen LogP contribution in [0.3, 0.4) is 0 Å². The second-order valence-corrected chi connectivity index (χ2v) is 4.32. The van der Waals surface area contributed by atoms with Gasteiger partial charge in [-0.2, -0.15) is 0 Å². The van der Waals surface area contributed by atoms with Crippen molar-refractivity contribution >= 4 is 5.91 Å². The SMILES string of the molecule is NC(=O)[C@@H]1CCN(C2CCCC2)C1. The monoisotopic (exact) mass is 182 g/mol. The Morgan fingerprint density at radius 3 is 2.46 bits per heavy atom. The van der Waals surface area contributed by atoms with E-state index in [0.29, 0.717) is 0 Å². The zero-order valence-corrected chi connectivity index (χ0v) is 8.04. The number of carbonyl (C=O) groups excluding carboxylic acids is 1. The van der Waals surface area contributed by atoms with Crippen LogP contribution in [-0.2, 0) is 4.79 Å². The first kappa shape index (κ1) is 9.00. The average molecular weight is 182 g/mol. The van der Waals surface area contributed by atoms with Gasteiger partial charge in [0.05, 0.1) is 5.92 Å². The maximum Gasteiger partial charge on any atom is 0.221 e. The van der Waals surface area contributed by atoms with Gasteiger partial charge >= 0.3 is 0 Å². The minimum atomic E-state index is -0.111. The van der Waals surface area contributed by atoms with E-state index in [2.05, 4.69) is 4.90 Å². The fourth-order valence-electron chi connectivity index (χ4n) is 2.62. The summed E-state index contributed by atoms with van der Waals surface area (Å²) in [4.78, 5) is 13.4. The molecule has 0 aromatic rings. The molecule has 2 N–H and O–H groups in total. The predicted octanol–water partition coefficient (Wildman–Crippen LogP) is 0.736. The van der Waals surface area contributed by atoms with Crippen LogP contribution < -0.4 is 5.73 Å². The van der Waals surface area contributed by atoms with Crippen molar-refractivity contribution in [1.29, 1.82) is 0 Å². The first-order valence-electron chi connectivity index (χ1n) is 5.31. The van der Waals surface area contributed by atoms with Gasteiger partial charge in [0, 0.05) is 12.6 Å². The van der Waals surface area contributed by atoms with Crippen molar-refractivity contribution in [2.24, 2.45) is 11.7 Å². The van der Waals surface area contributed by atoms with Gasteiger partial charge in [-0.1, -0.05) is 12.8 Å². The van der Waals surface area contributed by atoms with E-state index >= 15 is 0 Å². The van der Waals surface area contributed by atoms with Gasteiger partial charge < -0.3 is 5.73 Å². The molecule has 1 aliphatic heterocycles. The van der Waals surface area contributed by atoms with Crippen LogP contribution in [0, 0.1) is 5.92 Å². The molecule has 13 heavy (non-hydrogen) atoms. The Morgan fingerprint density at radius 1 is 1.23 bits per heavy atom. The van der Waals surface area contributed by atoms with Crippen molar-refractivity contribution in [2.75, 3.05) is 13.1 Å². The predicted molar refractivity (Wildman–Crippen MR) is 51.1 cm³/mol. The Morgan fingerprint density at radius 2 is 1.92 bits per heavy atom. The summed E-state index contributed by atoms with van der Waals surface area (Å²) >= 11 is 0. The normalized spacial score (nSPS) is 31.2. The summed E-state index contributed by atoms with van der Waals surface area (Å²) in [7, 11) is 0. The molecule has 0 unspecified atom stereocenters. The van der Waals surface area contributed by atoms with Gasteiger partial charge in [-0.25, -0.2) is 0 Å². The molecular formula is C10H18N2O. The Balaban J connectivity index is 1.86. The Hall–Kier alpha value is -0.570. The molecule has 0 bridgehead atoms. The number of nitrogens with two attached hydrogens (primary N) is 1. The number of likely N-dealkylation sites (tertiary alicyclic amines) is 1. The molecule has 0 aromatic carbocycles. The number of primary amides is 1. The number of amides is 1. The summed E-state index contributed by atoms with van der Waals surface area (Å²) < 4.78 is 0. The third kappa shape index (κ3) is 1.85. The first-order valence-corrected chi connectivity index (χ1v) is 5.31. The first-order chi connectivity index (χ1) is 6.27. The van der Waals surface area contributed by atoms with Crippen molar-refractivity contribution in [3.05, 3.63) is 0 Å². The van der Waals surface area contributed by atoms with Gasteiger partial charge in [0.15, 0.2) is 0 Å². The zero-order chi connectivity index (χ0) is 9.26. The zero-order valence-electron chi connectivity index (χ0n) is 8.04. The smallest absolute Gasteiger partial charge is 0.221 e. The molecule has 1 heterocycles. The van der Waals surface area contributed by atoms with Crippen molar-refractivity contribution in [2.45, 2.75) is 38.1 Å². The molecule has 0 aromatic heterocycles. The number of rotatable bonds is 2. The Bertz CT molecular complexity index is 199. The second kappa shape index (κ2) is 3.66. The van der Waals surface area contributed by atoms with E-state index in [1.165, 1.54) is 25.7 Å². The van der Waals surface area contributed by atoms with Gasteiger partial charge in [0.25, 0.3) is 0 Å². The van der Waals surface area contributed by atoms with Gasteiger partial charge in [0.1, 0.15) is 0 Å². The van der Waals surface area contributed by atoms with E-state index in [1.54, 1.807) is 0 Å². The molecule has 1 amide bonds. The maximum absolute atomic E-state index is 11.0. The van der Waals surface area contributed by atoms with Crippen LogP contribution in [-0.4, -0.2) is 29.9 Å². The molecule has 0 radical (unpaired) electrons. The third-order valence-corrected chi connectivity index (χ3v) is 3.46. The maximum atomic E-state index is 11.0. The molecule has 2 fully saturated rings. The summed E-state index contributed by atoms with van der Waals surface area (Å²) in [5.41, 5.74) is 5.29. The lowest BCUT2D eigenvalue weighted by molar-refractivity contribution is -0.121. The molecule has 1 atom stereocenters. The molecule has 1 saturated heterocycles. The van der Waals surface area contributed by atoms with E-state index in [1.807, 2.05) is 0 Å². The summed E-state index contributed by atoms with van der Waals surface area (Å²) in [5.74, 6) is 0.0149. The highest BCUT2D eigenvalue weighted by molar-refractivity contribution is 5.77. The van der Waals surface area contributed by atoms with Crippen molar-refractivity contribution < 1.29 is 4.79 Å². The van der Waals surface area contributed by atoms with Gasteiger partial charge in [-0.3, -0.25) is 9.69 Å². The fourth-order valence-corrected chi connectivity index (χ4v) is 2.62. The van der Waals surface area contributed by atoms with Crippen molar-refractivity contribution in [3.63, 3.8) is 0 Å². The number of hydrogen-bond donors (Lipinski definition) is 1. The number of hydrogen-bond acceptors (Lipinski definition) is 2. The van der Waals surface area contributed by atoms with Crippen LogP contribution in [0.15, 0.2) is 0 Å². The van der Waals surface area contributed by atoms with E-state index in [-0.39, 0.29) is 11.8 Å². The van der Waals surface area contributed by atoms with Crippen LogP contribution in [0.2, 0.25) is 0 Å².